The molecule has 0 radical (unpaired) electrons. The van der Waals surface area contributed by atoms with Crippen molar-refractivity contribution in [3.05, 3.63) is 29.8 Å². The van der Waals surface area contributed by atoms with Crippen LogP contribution in [0.25, 0.3) is 0 Å². The van der Waals surface area contributed by atoms with Crippen LogP contribution in [0.3, 0.4) is 0 Å². The summed E-state index contributed by atoms with van der Waals surface area (Å²) in [6.45, 7) is 1.08. The molecule has 94 valence electrons. The lowest BCUT2D eigenvalue weighted by Crippen LogP contribution is -2.58. The van der Waals surface area contributed by atoms with Crippen molar-refractivity contribution < 1.29 is 19.0 Å². The number of hydroxylamine groups is 1. The van der Waals surface area contributed by atoms with Gasteiger partial charge in [-0.1, -0.05) is 12.1 Å². The number of ether oxygens (including phenoxy) is 1. The van der Waals surface area contributed by atoms with Gasteiger partial charge >= 0.3 is 7.05 Å². The number of nitrogens with one attached hydrogen (secondary N) is 1. The number of para-hydroxylation sites is 1. The topological polar surface area (TPSA) is 60.0 Å². The van der Waals surface area contributed by atoms with Crippen LogP contribution in [0.2, 0.25) is 0 Å². The molecule has 1 atom stereocenters. The molecule has 2 aliphatic heterocycles. The van der Waals surface area contributed by atoms with Crippen molar-refractivity contribution in [3.8, 4) is 5.75 Å². The van der Waals surface area contributed by atoms with E-state index in [0.29, 0.717) is 24.6 Å². The molecular formula is C11H13BN2O4. The van der Waals surface area contributed by atoms with Crippen LogP contribution >= 0.6 is 0 Å². The van der Waals surface area contributed by atoms with Crippen molar-refractivity contribution in [2.24, 2.45) is 0 Å². The molecule has 0 bridgehead atoms. The van der Waals surface area contributed by atoms with Crippen LogP contribution in [0.4, 0.5) is 0 Å². The van der Waals surface area contributed by atoms with E-state index in [1.807, 2.05) is 6.07 Å². The molecule has 1 N–H and O–H groups in total. The van der Waals surface area contributed by atoms with Gasteiger partial charge in [0, 0.05) is 6.54 Å². The Morgan fingerprint density at radius 3 is 3.06 bits per heavy atom. The molecule has 2 heterocycles. The molecule has 1 aromatic carbocycles. The Bertz CT molecular complexity index is 464. The molecule has 1 fully saturated rings. The number of benzene rings is 1. The number of carbonyl (C=O) groups is 1. The van der Waals surface area contributed by atoms with Crippen molar-refractivity contribution in [2.45, 2.75) is 6.00 Å². The van der Waals surface area contributed by atoms with Gasteiger partial charge in [-0.05, 0) is 12.1 Å². The molecule has 7 heteroatoms. The maximum Gasteiger partial charge on any atom is 0.543 e. The number of nitrogens with zero attached hydrogens (tertiary/aromatic N) is 1. The molecule has 2 aliphatic rings. The number of carbonyl (C=O) groups excluding carboxylic acids is 1. The van der Waals surface area contributed by atoms with Gasteiger partial charge in [-0.2, -0.15) is 0 Å². The fourth-order valence-electron chi connectivity index (χ4n) is 2.18. The Balaban J connectivity index is 1.94. The lowest BCUT2D eigenvalue weighted by atomic mass is 9.72. The van der Waals surface area contributed by atoms with E-state index in [-0.39, 0.29) is 11.9 Å². The minimum atomic E-state index is -0.563. The van der Waals surface area contributed by atoms with Crippen LogP contribution in [-0.2, 0) is 9.57 Å². The highest BCUT2D eigenvalue weighted by molar-refractivity contribution is 6.55. The normalized spacial score (nSPS) is 22.9. The molecule has 0 spiro atoms. The van der Waals surface area contributed by atoms with Gasteiger partial charge in [0.05, 0.1) is 19.4 Å². The third kappa shape index (κ3) is 1.76. The Hall–Kier alpha value is -1.57. The van der Waals surface area contributed by atoms with Crippen LogP contribution < -0.4 is 9.97 Å². The zero-order valence-electron chi connectivity index (χ0n) is 9.96. The van der Waals surface area contributed by atoms with Crippen LogP contribution in [-0.4, -0.2) is 44.3 Å². The Labute approximate surface area is 105 Å². The zero-order chi connectivity index (χ0) is 12.5. The highest BCUT2D eigenvalue weighted by Crippen LogP contribution is 2.28. The van der Waals surface area contributed by atoms with Crippen LogP contribution in [0.5, 0.6) is 5.75 Å². The molecule has 1 unspecified atom stereocenters. The molecule has 0 aliphatic carbocycles. The van der Waals surface area contributed by atoms with Crippen molar-refractivity contribution in [2.75, 3.05) is 20.4 Å². The molecule has 1 aromatic rings. The van der Waals surface area contributed by atoms with Crippen LogP contribution in [0.15, 0.2) is 24.3 Å². The molecule has 1 saturated heterocycles. The summed E-state index contributed by atoms with van der Waals surface area (Å²) in [5, 5.41) is 3.06. The van der Waals surface area contributed by atoms with Gasteiger partial charge in [0.2, 0.25) is 0 Å². The monoisotopic (exact) mass is 248 g/mol. The predicted octanol–water partition coefficient (Wildman–Crippen LogP) is 0.0559. The predicted molar refractivity (Wildman–Crippen MR) is 63.7 cm³/mol. The zero-order valence-corrected chi connectivity index (χ0v) is 9.96. The van der Waals surface area contributed by atoms with Crippen LogP contribution in [0, 0.1) is 0 Å². The summed E-state index contributed by atoms with van der Waals surface area (Å²) in [4.78, 5) is 18.6. The first-order chi connectivity index (χ1) is 8.81. The summed E-state index contributed by atoms with van der Waals surface area (Å²) in [5.41, 5.74) is 0.501. The summed E-state index contributed by atoms with van der Waals surface area (Å²) in [5.74, 6) is 0.358. The number of rotatable bonds is 2. The Morgan fingerprint density at radius 2 is 2.33 bits per heavy atom. The average Bonchev–Trinajstić information content (AvgIpc) is 2.92. The summed E-state index contributed by atoms with van der Waals surface area (Å²) in [7, 11) is 0.886. The molecule has 3 rings (SSSR count). The first-order valence-electron chi connectivity index (χ1n) is 5.77. The van der Waals surface area contributed by atoms with Gasteiger partial charge in [-0.15, -0.1) is 0 Å². The van der Waals surface area contributed by atoms with Gasteiger partial charge in [0.25, 0.3) is 5.91 Å². The fourth-order valence-corrected chi connectivity index (χ4v) is 2.18. The first-order valence-corrected chi connectivity index (χ1v) is 5.77. The quantitative estimate of drug-likeness (QED) is 0.749. The summed E-state index contributed by atoms with van der Waals surface area (Å²) >= 11 is 0. The van der Waals surface area contributed by atoms with Gasteiger partial charge in [-0.25, -0.2) is 4.97 Å². The molecule has 6 nitrogen and oxygen atoms in total. The average molecular weight is 248 g/mol. The lowest BCUT2D eigenvalue weighted by Gasteiger charge is -2.33. The van der Waals surface area contributed by atoms with E-state index in [1.54, 1.807) is 18.2 Å². The SMILES string of the molecule is CON1B(C2CNCO2)Oc2ccccc2C1=O. The van der Waals surface area contributed by atoms with Crippen molar-refractivity contribution in [3.63, 3.8) is 0 Å². The Kier molecular flexibility index (Phi) is 2.95. The number of amides is 1. The largest absolute Gasteiger partial charge is 0.543 e. The van der Waals surface area contributed by atoms with E-state index >= 15 is 0 Å². The lowest BCUT2D eigenvalue weighted by molar-refractivity contribution is -0.0527. The second-order valence-corrected chi connectivity index (χ2v) is 4.12. The molecule has 0 saturated carbocycles. The smallest absolute Gasteiger partial charge is 0.538 e. The fraction of sp³-hybridized carbons (Fsp3) is 0.364. The number of hydrogen-bond acceptors (Lipinski definition) is 5. The van der Waals surface area contributed by atoms with E-state index in [2.05, 4.69) is 5.32 Å². The first kappa shape index (κ1) is 11.5. The van der Waals surface area contributed by atoms with Gasteiger partial charge < -0.3 is 9.39 Å². The third-order valence-electron chi connectivity index (χ3n) is 3.06. The molecule has 18 heavy (non-hydrogen) atoms. The maximum atomic E-state index is 12.3. The van der Waals surface area contributed by atoms with E-state index in [4.69, 9.17) is 14.2 Å². The standard InChI is InChI=1S/C11H13BN2O4/c1-16-14-11(15)8-4-2-3-5-9(8)18-12(14)10-6-13-7-17-10/h2-5,10,13H,6-7H2,1H3. The summed E-state index contributed by atoms with van der Waals surface area (Å²) in [6.07, 6.45) is 0. The van der Waals surface area contributed by atoms with E-state index in [9.17, 15) is 4.79 Å². The summed E-state index contributed by atoms with van der Waals surface area (Å²) < 4.78 is 11.3. The highest BCUT2D eigenvalue weighted by atomic mass is 16.7. The number of hydrogen-bond donors (Lipinski definition) is 1. The third-order valence-corrected chi connectivity index (χ3v) is 3.06. The van der Waals surface area contributed by atoms with Crippen molar-refractivity contribution in [1.82, 2.24) is 10.3 Å². The van der Waals surface area contributed by atoms with Crippen molar-refractivity contribution >= 4 is 13.0 Å². The Morgan fingerprint density at radius 1 is 1.50 bits per heavy atom. The maximum absolute atomic E-state index is 12.3. The van der Waals surface area contributed by atoms with Gasteiger partial charge in [0.1, 0.15) is 11.8 Å². The second-order valence-electron chi connectivity index (χ2n) is 4.12. The minimum absolute atomic E-state index is 0.208. The van der Waals surface area contributed by atoms with Crippen molar-refractivity contribution in [1.29, 1.82) is 0 Å². The van der Waals surface area contributed by atoms with Crippen LogP contribution in [0.1, 0.15) is 10.4 Å². The molecule has 0 aromatic heterocycles. The molecular weight excluding hydrogens is 235 g/mol. The van der Waals surface area contributed by atoms with E-state index in [0.717, 1.165) is 0 Å². The van der Waals surface area contributed by atoms with Gasteiger partial charge in [-0.3, -0.25) is 14.9 Å². The second kappa shape index (κ2) is 4.60. The highest BCUT2D eigenvalue weighted by Gasteiger charge is 2.47. The molecule has 1 amide bonds. The van der Waals surface area contributed by atoms with E-state index < -0.39 is 7.05 Å². The number of fused-ring (bicyclic) bond motifs is 1. The minimum Gasteiger partial charge on any atom is -0.538 e. The van der Waals surface area contributed by atoms with E-state index in [1.165, 1.54) is 12.1 Å². The van der Waals surface area contributed by atoms with Gasteiger partial charge in [0.15, 0.2) is 0 Å². The summed E-state index contributed by atoms with van der Waals surface area (Å²) in [6, 6.07) is 6.88.